The van der Waals surface area contributed by atoms with Crippen LogP contribution in [-0.4, -0.2) is 34.0 Å². The first kappa shape index (κ1) is 27.1. The largest absolute Gasteiger partial charge is 0.350 e. The number of nitrogens with one attached hydrogen (secondary N) is 1. The highest BCUT2D eigenvalue weighted by molar-refractivity contribution is 7.99. The fraction of sp³-hybridized carbons (Fsp3) is 0.391. The molecule has 0 bridgehead atoms. The summed E-state index contributed by atoms with van der Waals surface area (Å²) in [6.07, 6.45) is 0. The molecule has 0 saturated heterocycles. The zero-order valence-electron chi connectivity index (χ0n) is 18.3. The van der Waals surface area contributed by atoms with Gasteiger partial charge in [-0.05, 0) is 63.1 Å². The Morgan fingerprint density at radius 3 is 2.28 bits per heavy atom. The average molecular weight is 536 g/mol. The van der Waals surface area contributed by atoms with E-state index in [4.69, 9.17) is 46.4 Å². The first-order valence-corrected chi connectivity index (χ1v) is 12.6. The molecule has 0 saturated carbocycles. The van der Waals surface area contributed by atoms with Crippen molar-refractivity contribution in [3.05, 3.63) is 67.6 Å². The number of amides is 2. The van der Waals surface area contributed by atoms with Crippen molar-refractivity contribution in [2.45, 2.75) is 51.6 Å². The maximum atomic E-state index is 13.2. The number of thioether (sulfide) groups is 1. The minimum absolute atomic E-state index is 0.169. The molecule has 0 aromatic heterocycles. The standard InChI is InChI=1S/C23H26Cl4N2O2S/c1-14(22(31)28-23(2,3)4)29(11-16-6-7-17(24)10-19(16)26)21(30)13-32-12-15-5-8-18(25)20(27)9-15/h5-10,14H,11-13H2,1-4H3,(H,28,31)/t14-/m0/s1. The molecule has 0 spiro atoms. The number of carbonyl (C=O) groups excluding carboxylic acids is 2. The van der Waals surface area contributed by atoms with Gasteiger partial charge in [0.15, 0.2) is 0 Å². The highest BCUT2D eigenvalue weighted by Crippen LogP contribution is 2.26. The van der Waals surface area contributed by atoms with Crippen molar-refractivity contribution in [1.29, 1.82) is 0 Å². The van der Waals surface area contributed by atoms with Crippen LogP contribution in [0, 0.1) is 0 Å². The van der Waals surface area contributed by atoms with E-state index in [1.54, 1.807) is 37.3 Å². The summed E-state index contributed by atoms with van der Waals surface area (Å²) in [5, 5.41) is 4.85. The third-order valence-electron chi connectivity index (χ3n) is 4.50. The summed E-state index contributed by atoms with van der Waals surface area (Å²) in [6.45, 7) is 7.60. The Morgan fingerprint density at radius 1 is 1.00 bits per heavy atom. The number of carbonyl (C=O) groups is 2. The second-order valence-corrected chi connectivity index (χ2v) is 11.1. The summed E-state index contributed by atoms with van der Waals surface area (Å²) in [5.74, 6) is 0.377. The Balaban J connectivity index is 2.15. The quantitative estimate of drug-likeness (QED) is 0.401. The molecule has 2 amide bonds. The third kappa shape index (κ3) is 8.35. The van der Waals surface area contributed by atoms with Crippen LogP contribution in [0.4, 0.5) is 0 Å². The minimum atomic E-state index is -0.681. The van der Waals surface area contributed by atoms with Gasteiger partial charge in [0.2, 0.25) is 11.8 Å². The number of hydrogen-bond acceptors (Lipinski definition) is 3. The lowest BCUT2D eigenvalue weighted by Crippen LogP contribution is -2.52. The molecule has 0 radical (unpaired) electrons. The zero-order chi connectivity index (χ0) is 24.1. The van der Waals surface area contributed by atoms with Crippen LogP contribution in [0.1, 0.15) is 38.8 Å². The molecule has 1 atom stereocenters. The molecule has 0 aliphatic rings. The average Bonchev–Trinajstić information content (AvgIpc) is 2.68. The van der Waals surface area contributed by atoms with Gasteiger partial charge in [-0.25, -0.2) is 0 Å². The highest BCUT2D eigenvalue weighted by atomic mass is 35.5. The summed E-state index contributed by atoms with van der Waals surface area (Å²) in [5.41, 5.74) is 1.26. The molecular formula is C23H26Cl4N2O2S. The Labute approximate surface area is 213 Å². The number of halogens is 4. The number of rotatable bonds is 8. The molecule has 0 heterocycles. The summed E-state index contributed by atoms with van der Waals surface area (Å²) >= 11 is 25.8. The molecule has 2 aromatic carbocycles. The molecule has 1 N–H and O–H groups in total. The van der Waals surface area contributed by atoms with Gasteiger partial charge in [-0.1, -0.05) is 58.5 Å². The monoisotopic (exact) mass is 534 g/mol. The first-order valence-electron chi connectivity index (χ1n) is 9.94. The van der Waals surface area contributed by atoms with Crippen molar-refractivity contribution in [3.8, 4) is 0 Å². The summed E-state index contributed by atoms with van der Waals surface area (Å²) < 4.78 is 0. The molecule has 4 nitrogen and oxygen atoms in total. The van der Waals surface area contributed by atoms with Gasteiger partial charge in [0.25, 0.3) is 0 Å². The molecule has 32 heavy (non-hydrogen) atoms. The fourth-order valence-corrected chi connectivity index (χ4v) is 4.51. The van der Waals surface area contributed by atoms with Gasteiger partial charge in [-0.2, -0.15) is 0 Å². The van der Waals surface area contributed by atoms with E-state index in [1.807, 2.05) is 26.8 Å². The van der Waals surface area contributed by atoms with Crippen molar-refractivity contribution >= 4 is 70.0 Å². The van der Waals surface area contributed by atoms with E-state index in [0.717, 1.165) is 5.56 Å². The van der Waals surface area contributed by atoms with E-state index in [1.165, 1.54) is 16.7 Å². The van der Waals surface area contributed by atoms with Gasteiger partial charge >= 0.3 is 0 Å². The van der Waals surface area contributed by atoms with Gasteiger partial charge in [-0.15, -0.1) is 11.8 Å². The Morgan fingerprint density at radius 2 is 1.69 bits per heavy atom. The SMILES string of the molecule is C[C@@H](C(=O)NC(C)(C)C)N(Cc1ccc(Cl)cc1Cl)C(=O)CSCc1ccc(Cl)c(Cl)c1. The van der Waals surface area contributed by atoms with Crippen molar-refractivity contribution < 1.29 is 9.59 Å². The number of benzene rings is 2. The Hall–Kier alpha value is -1.11. The van der Waals surface area contributed by atoms with Crippen molar-refractivity contribution in [2.75, 3.05) is 5.75 Å². The van der Waals surface area contributed by atoms with Crippen LogP contribution < -0.4 is 5.32 Å². The smallest absolute Gasteiger partial charge is 0.242 e. The maximum absolute atomic E-state index is 13.2. The van der Waals surface area contributed by atoms with Gasteiger partial charge < -0.3 is 10.2 Å². The van der Waals surface area contributed by atoms with Crippen LogP contribution >= 0.6 is 58.2 Å². The molecule has 2 rings (SSSR count). The fourth-order valence-electron chi connectivity index (χ4n) is 2.86. The second kappa shape index (κ2) is 11.8. The van der Waals surface area contributed by atoms with E-state index in [-0.39, 0.29) is 24.1 Å². The third-order valence-corrected chi connectivity index (χ3v) is 6.81. The van der Waals surface area contributed by atoms with Crippen LogP contribution in [0.2, 0.25) is 20.1 Å². The van der Waals surface area contributed by atoms with Crippen LogP contribution in [0.15, 0.2) is 36.4 Å². The molecule has 9 heteroatoms. The molecule has 0 aliphatic carbocycles. The molecular weight excluding hydrogens is 510 g/mol. The van der Waals surface area contributed by atoms with E-state index >= 15 is 0 Å². The van der Waals surface area contributed by atoms with Crippen LogP contribution in [-0.2, 0) is 21.9 Å². The predicted molar refractivity (Wildman–Crippen MR) is 137 cm³/mol. The molecule has 2 aromatic rings. The predicted octanol–water partition coefficient (Wildman–Crippen LogP) is 6.87. The van der Waals surface area contributed by atoms with E-state index in [0.29, 0.717) is 31.4 Å². The maximum Gasteiger partial charge on any atom is 0.242 e. The van der Waals surface area contributed by atoms with Crippen molar-refractivity contribution in [3.63, 3.8) is 0 Å². The van der Waals surface area contributed by atoms with Crippen LogP contribution in [0.3, 0.4) is 0 Å². The van der Waals surface area contributed by atoms with E-state index in [2.05, 4.69) is 5.32 Å². The summed E-state index contributed by atoms with van der Waals surface area (Å²) in [4.78, 5) is 27.5. The number of nitrogens with zero attached hydrogens (tertiary/aromatic N) is 1. The van der Waals surface area contributed by atoms with Crippen LogP contribution in [0.5, 0.6) is 0 Å². The minimum Gasteiger partial charge on any atom is -0.350 e. The zero-order valence-corrected chi connectivity index (χ0v) is 22.2. The first-order chi connectivity index (χ1) is 14.9. The summed E-state index contributed by atoms with van der Waals surface area (Å²) in [7, 11) is 0. The lowest BCUT2D eigenvalue weighted by molar-refractivity contribution is -0.139. The molecule has 0 unspecified atom stereocenters. The van der Waals surface area contributed by atoms with Crippen LogP contribution in [0.25, 0.3) is 0 Å². The Kier molecular flexibility index (Phi) is 10.0. The van der Waals surface area contributed by atoms with Crippen molar-refractivity contribution in [1.82, 2.24) is 10.2 Å². The van der Waals surface area contributed by atoms with Gasteiger partial charge in [0.05, 0.1) is 15.8 Å². The van der Waals surface area contributed by atoms with E-state index in [9.17, 15) is 9.59 Å². The lowest BCUT2D eigenvalue weighted by Gasteiger charge is -2.31. The molecule has 0 fully saturated rings. The summed E-state index contributed by atoms with van der Waals surface area (Å²) in [6, 6.07) is 9.81. The lowest BCUT2D eigenvalue weighted by atomic mass is 10.1. The topological polar surface area (TPSA) is 49.4 Å². The van der Waals surface area contributed by atoms with Gasteiger partial charge in [-0.3, -0.25) is 9.59 Å². The van der Waals surface area contributed by atoms with Gasteiger partial charge in [0, 0.05) is 27.9 Å². The second-order valence-electron chi connectivity index (χ2n) is 8.41. The van der Waals surface area contributed by atoms with E-state index < -0.39 is 11.6 Å². The Bertz CT molecular complexity index is 979. The highest BCUT2D eigenvalue weighted by Gasteiger charge is 2.28. The molecule has 174 valence electrons. The molecule has 0 aliphatic heterocycles. The van der Waals surface area contributed by atoms with Gasteiger partial charge in [0.1, 0.15) is 6.04 Å². The normalized spacial score (nSPS) is 12.4. The van der Waals surface area contributed by atoms with Crippen molar-refractivity contribution in [2.24, 2.45) is 0 Å². The number of hydrogen-bond donors (Lipinski definition) is 1.